The highest BCUT2D eigenvalue weighted by Crippen LogP contribution is 2.34. The van der Waals surface area contributed by atoms with Crippen LogP contribution < -0.4 is 5.56 Å². The van der Waals surface area contributed by atoms with Gasteiger partial charge in [0, 0.05) is 17.1 Å². The van der Waals surface area contributed by atoms with Gasteiger partial charge in [-0.2, -0.15) is 22.3 Å². The number of amides is 1. The molecule has 0 bridgehead atoms. The Morgan fingerprint density at radius 3 is 2.81 bits per heavy atom. The zero-order valence-electron chi connectivity index (χ0n) is 14.1. The zero-order valence-corrected chi connectivity index (χ0v) is 15.7. The number of thiophene rings is 1. The third-order valence-electron chi connectivity index (χ3n) is 4.20. The van der Waals surface area contributed by atoms with E-state index in [9.17, 15) is 9.59 Å². The van der Waals surface area contributed by atoms with Gasteiger partial charge in [0.15, 0.2) is 0 Å². The van der Waals surface area contributed by atoms with E-state index in [-0.39, 0.29) is 31.0 Å². The summed E-state index contributed by atoms with van der Waals surface area (Å²) in [5, 5.41) is 18.1. The summed E-state index contributed by atoms with van der Waals surface area (Å²) in [6, 6.07) is 3.78. The summed E-state index contributed by atoms with van der Waals surface area (Å²) in [7, 11) is 0. The fourth-order valence-electron chi connectivity index (χ4n) is 3.00. The predicted octanol–water partition coefficient (Wildman–Crippen LogP) is 1.97. The maximum absolute atomic E-state index is 12.4. The Kier molecular flexibility index (Phi) is 5.92. The molecule has 0 radical (unpaired) electrons. The van der Waals surface area contributed by atoms with Crippen molar-refractivity contribution in [3.63, 3.8) is 0 Å². The fraction of sp³-hybridized carbons (Fsp3) is 0.471. The first-order valence-electron chi connectivity index (χ1n) is 8.27. The van der Waals surface area contributed by atoms with Crippen molar-refractivity contribution in [1.29, 1.82) is 10.5 Å². The number of aromatic nitrogens is 2. The van der Waals surface area contributed by atoms with Crippen LogP contribution in [0.1, 0.15) is 29.1 Å². The molecule has 0 aliphatic heterocycles. The summed E-state index contributed by atoms with van der Waals surface area (Å²) < 4.78 is 0. The first-order valence-corrected chi connectivity index (χ1v) is 10.2. The van der Waals surface area contributed by atoms with Gasteiger partial charge in [-0.3, -0.25) is 9.59 Å². The minimum absolute atomic E-state index is 0.0738. The number of nitrogens with zero attached hydrogens (tertiary/aromatic N) is 4. The van der Waals surface area contributed by atoms with E-state index in [1.165, 1.54) is 27.1 Å². The number of nitriles is 2. The van der Waals surface area contributed by atoms with Gasteiger partial charge in [-0.05, 0) is 24.8 Å². The normalized spacial score (nSPS) is 12.5. The molecule has 0 atom stereocenters. The summed E-state index contributed by atoms with van der Waals surface area (Å²) in [6.45, 7) is -0.155. The van der Waals surface area contributed by atoms with Crippen LogP contribution in [0.15, 0.2) is 4.79 Å². The van der Waals surface area contributed by atoms with Gasteiger partial charge in [0.05, 0.1) is 23.3 Å². The van der Waals surface area contributed by atoms with Crippen LogP contribution in [-0.4, -0.2) is 39.6 Å². The Balaban J connectivity index is 1.57. The molecule has 9 heteroatoms. The van der Waals surface area contributed by atoms with Crippen LogP contribution in [0.25, 0.3) is 10.2 Å². The van der Waals surface area contributed by atoms with E-state index < -0.39 is 0 Å². The number of thioether (sulfide) groups is 1. The molecule has 1 aliphatic rings. The van der Waals surface area contributed by atoms with Crippen molar-refractivity contribution < 1.29 is 4.79 Å². The molecule has 0 unspecified atom stereocenters. The Bertz CT molecular complexity index is 950. The lowest BCUT2D eigenvalue weighted by atomic mass is 10.2. The Morgan fingerprint density at radius 2 is 2.08 bits per heavy atom. The van der Waals surface area contributed by atoms with Crippen LogP contribution in [0.5, 0.6) is 0 Å². The number of nitrogens with one attached hydrogen (secondary N) is 1. The summed E-state index contributed by atoms with van der Waals surface area (Å²) in [5.74, 6) is 1.45. The van der Waals surface area contributed by atoms with Gasteiger partial charge in [-0.1, -0.05) is 0 Å². The number of hydrogen-bond acceptors (Lipinski definition) is 7. The van der Waals surface area contributed by atoms with Gasteiger partial charge in [-0.25, -0.2) is 4.98 Å². The summed E-state index contributed by atoms with van der Waals surface area (Å²) in [4.78, 5) is 35.1. The fourth-order valence-corrected chi connectivity index (χ4v) is 5.08. The van der Waals surface area contributed by atoms with Crippen molar-refractivity contribution >= 4 is 39.2 Å². The van der Waals surface area contributed by atoms with Gasteiger partial charge >= 0.3 is 0 Å². The summed E-state index contributed by atoms with van der Waals surface area (Å²) in [6.07, 6.45) is 3.34. The molecule has 0 saturated carbocycles. The third kappa shape index (κ3) is 3.90. The minimum atomic E-state index is -0.216. The van der Waals surface area contributed by atoms with Crippen molar-refractivity contribution in [2.24, 2.45) is 0 Å². The molecule has 26 heavy (non-hydrogen) atoms. The zero-order chi connectivity index (χ0) is 18.5. The summed E-state index contributed by atoms with van der Waals surface area (Å²) in [5.41, 5.74) is 1.09. The first kappa shape index (κ1) is 18.4. The van der Waals surface area contributed by atoms with Crippen molar-refractivity contribution in [1.82, 2.24) is 14.9 Å². The van der Waals surface area contributed by atoms with Gasteiger partial charge in [0.25, 0.3) is 5.56 Å². The van der Waals surface area contributed by atoms with Crippen LogP contribution in [0.2, 0.25) is 0 Å². The second-order valence-corrected chi connectivity index (χ2v) is 8.11. The number of rotatable bonds is 7. The quantitative estimate of drug-likeness (QED) is 0.574. The van der Waals surface area contributed by atoms with Crippen molar-refractivity contribution in [2.45, 2.75) is 31.4 Å². The van der Waals surface area contributed by atoms with E-state index >= 15 is 0 Å². The first-order chi connectivity index (χ1) is 12.6. The number of H-pyrrole nitrogens is 1. The van der Waals surface area contributed by atoms with Crippen molar-refractivity contribution in [3.8, 4) is 12.1 Å². The number of carbonyl (C=O) groups excluding carboxylic acids is 1. The second-order valence-electron chi connectivity index (χ2n) is 5.92. The highest BCUT2D eigenvalue weighted by Gasteiger charge is 2.21. The van der Waals surface area contributed by atoms with E-state index in [0.717, 1.165) is 29.5 Å². The van der Waals surface area contributed by atoms with Crippen LogP contribution in [0.4, 0.5) is 0 Å². The molecule has 134 valence electrons. The standard InChI is InChI=1S/C17H17N5O2S2/c18-5-7-22(8-6-19)14(23)4-9-25-10-13-20-16(24)15-11-2-1-3-12(11)26-17(15)21-13/h1-4,7-10H2,(H,20,21,24). The molecule has 2 aromatic heterocycles. The monoisotopic (exact) mass is 387 g/mol. The predicted molar refractivity (Wildman–Crippen MR) is 101 cm³/mol. The number of carbonyl (C=O) groups is 1. The molecule has 3 rings (SSSR count). The molecule has 1 N–H and O–H groups in total. The molecule has 0 fully saturated rings. The maximum atomic E-state index is 12.4. The lowest BCUT2D eigenvalue weighted by Crippen LogP contribution is -2.31. The second kappa shape index (κ2) is 8.35. The Morgan fingerprint density at radius 1 is 1.31 bits per heavy atom. The van der Waals surface area contributed by atoms with E-state index in [4.69, 9.17) is 10.5 Å². The molecule has 0 aromatic carbocycles. The average Bonchev–Trinajstić information content (AvgIpc) is 3.19. The van der Waals surface area contributed by atoms with Crippen molar-refractivity contribution in [3.05, 3.63) is 26.6 Å². The van der Waals surface area contributed by atoms with E-state index in [2.05, 4.69) is 9.97 Å². The third-order valence-corrected chi connectivity index (χ3v) is 6.36. The topological polar surface area (TPSA) is 114 Å². The molecule has 1 amide bonds. The highest BCUT2D eigenvalue weighted by atomic mass is 32.2. The molecule has 0 saturated heterocycles. The van der Waals surface area contributed by atoms with Gasteiger partial charge in [0.1, 0.15) is 23.7 Å². The molecular weight excluding hydrogens is 370 g/mol. The Hall–Kier alpha value is -2.36. The molecular formula is C17H17N5O2S2. The van der Waals surface area contributed by atoms with E-state index in [0.29, 0.717) is 17.3 Å². The van der Waals surface area contributed by atoms with E-state index in [1.807, 2.05) is 12.1 Å². The lowest BCUT2D eigenvalue weighted by Gasteiger charge is -2.15. The summed E-state index contributed by atoms with van der Waals surface area (Å²) >= 11 is 3.11. The van der Waals surface area contributed by atoms with Crippen LogP contribution in [-0.2, 0) is 23.4 Å². The van der Waals surface area contributed by atoms with E-state index in [1.54, 1.807) is 11.3 Å². The number of aromatic amines is 1. The van der Waals surface area contributed by atoms with Crippen LogP contribution in [0, 0.1) is 22.7 Å². The number of fused-ring (bicyclic) bond motifs is 3. The van der Waals surface area contributed by atoms with Gasteiger partial charge in [-0.15, -0.1) is 11.3 Å². The number of aryl methyl sites for hydroxylation is 2. The maximum Gasteiger partial charge on any atom is 0.259 e. The van der Waals surface area contributed by atoms with Gasteiger partial charge in [0.2, 0.25) is 5.91 Å². The SMILES string of the molecule is N#CCN(CC#N)C(=O)CCSCc1nc2sc3c(c2c(=O)[nH]1)CCC3. The lowest BCUT2D eigenvalue weighted by molar-refractivity contribution is -0.129. The molecule has 2 aromatic rings. The largest absolute Gasteiger partial charge is 0.316 e. The molecule has 0 spiro atoms. The minimum Gasteiger partial charge on any atom is -0.316 e. The van der Waals surface area contributed by atoms with Crippen LogP contribution >= 0.6 is 23.1 Å². The van der Waals surface area contributed by atoms with Crippen LogP contribution in [0.3, 0.4) is 0 Å². The smallest absolute Gasteiger partial charge is 0.259 e. The number of hydrogen-bond donors (Lipinski definition) is 1. The average molecular weight is 387 g/mol. The molecule has 2 heterocycles. The Labute approximate surface area is 158 Å². The van der Waals surface area contributed by atoms with Crippen molar-refractivity contribution in [2.75, 3.05) is 18.8 Å². The highest BCUT2D eigenvalue weighted by molar-refractivity contribution is 7.98. The molecule has 1 aliphatic carbocycles. The van der Waals surface area contributed by atoms with Gasteiger partial charge < -0.3 is 9.88 Å². The molecule has 7 nitrogen and oxygen atoms in total.